The SMILES string of the molecule is CNC(Cc1cc(C)ccc1OC)c1ccoc1C. The van der Waals surface area contributed by atoms with Gasteiger partial charge in [-0.1, -0.05) is 17.7 Å². The van der Waals surface area contributed by atoms with Crippen LogP contribution < -0.4 is 10.1 Å². The van der Waals surface area contributed by atoms with Crippen LogP contribution >= 0.6 is 0 Å². The first-order chi connectivity index (χ1) is 9.15. The minimum absolute atomic E-state index is 0.231. The van der Waals surface area contributed by atoms with Crippen LogP contribution in [0.5, 0.6) is 5.75 Å². The lowest BCUT2D eigenvalue weighted by atomic mass is 9.97. The summed E-state index contributed by atoms with van der Waals surface area (Å²) in [6.07, 6.45) is 2.62. The minimum atomic E-state index is 0.231. The molecule has 0 saturated carbocycles. The van der Waals surface area contributed by atoms with Crippen LogP contribution in [0.1, 0.15) is 28.5 Å². The standard InChI is InChI=1S/C16H21NO2/c1-11-5-6-16(18-4)13(9-11)10-15(17-3)14-7-8-19-12(14)2/h5-9,15,17H,10H2,1-4H3. The van der Waals surface area contributed by atoms with Gasteiger partial charge in [0.2, 0.25) is 0 Å². The van der Waals surface area contributed by atoms with Gasteiger partial charge in [0.1, 0.15) is 11.5 Å². The average molecular weight is 259 g/mol. The maximum atomic E-state index is 5.44. The van der Waals surface area contributed by atoms with Crippen LogP contribution in [0.15, 0.2) is 34.9 Å². The number of methoxy groups -OCH3 is 1. The molecule has 0 amide bonds. The Labute approximate surface area is 114 Å². The molecule has 1 N–H and O–H groups in total. The number of hydrogen-bond donors (Lipinski definition) is 1. The lowest BCUT2D eigenvalue weighted by Gasteiger charge is -2.18. The van der Waals surface area contributed by atoms with Gasteiger partial charge in [0.25, 0.3) is 0 Å². The van der Waals surface area contributed by atoms with E-state index >= 15 is 0 Å². The molecule has 19 heavy (non-hydrogen) atoms. The Morgan fingerprint density at radius 1 is 1.26 bits per heavy atom. The molecule has 3 nitrogen and oxygen atoms in total. The number of ether oxygens (including phenoxy) is 1. The molecule has 0 aliphatic carbocycles. The van der Waals surface area contributed by atoms with Crippen LogP contribution in [-0.4, -0.2) is 14.2 Å². The van der Waals surface area contributed by atoms with Gasteiger partial charge >= 0.3 is 0 Å². The molecule has 1 aromatic heterocycles. The summed E-state index contributed by atoms with van der Waals surface area (Å²) in [4.78, 5) is 0. The van der Waals surface area contributed by atoms with Crippen molar-refractivity contribution in [3.05, 3.63) is 53.0 Å². The van der Waals surface area contributed by atoms with E-state index in [-0.39, 0.29) is 6.04 Å². The highest BCUT2D eigenvalue weighted by atomic mass is 16.5. The largest absolute Gasteiger partial charge is 0.496 e. The van der Waals surface area contributed by atoms with E-state index in [9.17, 15) is 0 Å². The monoisotopic (exact) mass is 259 g/mol. The summed E-state index contributed by atoms with van der Waals surface area (Å²) < 4.78 is 10.8. The molecule has 0 aliphatic rings. The van der Waals surface area contributed by atoms with Crippen molar-refractivity contribution in [2.45, 2.75) is 26.3 Å². The Bertz CT molecular complexity index is 545. The lowest BCUT2D eigenvalue weighted by Crippen LogP contribution is -2.19. The molecule has 0 fully saturated rings. The third-order valence-corrected chi connectivity index (χ3v) is 3.48. The van der Waals surface area contributed by atoms with Crippen molar-refractivity contribution in [3.8, 4) is 5.75 Å². The normalized spacial score (nSPS) is 12.4. The van der Waals surface area contributed by atoms with Crippen LogP contribution in [0.3, 0.4) is 0 Å². The van der Waals surface area contributed by atoms with Gasteiger partial charge in [-0.3, -0.25) is 0 Å². The van der Waals surface area contributed by atoms with Gasteiger partial charge in [-0.05, 0) is 45.0 Å². The molecule has 1 atom stereocenters. The van der Waals surface area contributed by atoms with Crippen LogP contribution in [-0.2, 0) is 6.42 Å². The van der Waals surface area contributed by atoms with Crippen molar-refractivity contribution in [2.24, 2.45) is 0 Å². The second kappa shape index (κ2) is 5.93. The van der Waals surface area contributed by atoms with E-state index in [0.717, 1.165) is 17.9 Å². The topological polar surface area (TPSA) is 34.4 Å². The van der Waals surface area contributed by atoms with Gasteiger partial charge in [0.15, 0.2) is 0 Å². The number of nitrogens with one attached hydrogen (secondary N) is 1. The van der Waals surface area contributed by atoms with Crippen molar-refractivity contribution in [1.82, 2.24) is 5.32 Å². The quantitative estimate of drug-likeness (QED) is 0.893. The minimum Gasteiger partial charge on any atom is -0.496 e. The summed E-state index contributed by atoms with van der Waals surface area (Å²) in [5.41, 5.74) is 3.66. The predicted octanol–water partition coefficient (Wildman–Crippen LogP) is 3.41. The predicted molar refractivity (Wildman–Crippen MR) is 76.7 cm³/mol. The average Bonchev–Trinajstić information content (AvgIpc) is 2.82. The molecule has 0 aliphatic heterocycles. The van der Waals surface area contributed by atoms with Crippen LogP contribution in [0.4, 0.5) is 0 Å². The molecule has 3 heteroatoms. The Hall–Kier alpha value is -1.74. The van der Waals surface area contributed by atoms with E-state index in [4.69, 9.17) is 9.15 Å². The van der Waals surface area contributed by atoms with Gasteiger partial charge in [-0.2, -0.15) is 0 Å². The molecule has 1 heterocycles. The first kappa shape index (κ1) is 13.7. The van der Waals surface area contributed by atoms with E-state index in [1.54, 1.807) is 13.4 Å². The Morgan fingerprint density at radius 2 is 2.05 bits per heavy atom. The molecule has 0 saturated heterocycles. The number of rotatable bonds is 5. The van der Waals surface area contributed by atoms with Crippen molar-refractivity contribution in [1.29, 1.82) is 0 Å². The first-order valence-electron chi connectivity index (χ1n) is 6.50. The third-order valence-electron chi connectivity index (χ3n) is 3.48. The molecule has 2 aromatic rings. The number of hydrogen-bond acceptors (Lipinski definition) is 3. The first-order valence-corrected chi connectivity index (χ1v) is 6.50. The van der Waals surface area contributed by atoms with E-state index in [2.05, 4.69) is 24.4 Å². The zero-order valence-corrected chi connectivity index (χ0v) is 12.0. The summed E-state index contributed by atoms with van der Waals surface area (Å²) in [7, 11) is 3.69. The number of likely N-dealkylation sites (N-methyl/N-ethyl adjacent to an activating group) is 1. The van der Waals surface area contributed by atoms with Crippen LogP contribution in [0.2, 0.25) is 0 Å². The smallest absolute Gasteiger partial charge is 0.122 e. The Balaban J connectivity index is 2.28. The second-order valence-corrected chi connectivity index (χ2v) is 4.79. The molecule has 2 rings (SSSR count). The highest BCUT2D eigenvalue weighted by Gasteiger charge is 2.16. The summed E-state index contributed by atoms with van der Waals surface area (Å²) in [6, 6.07) is 8.53. The van der Waals surface area contributed by atoms with Gasteiger partial charge in [-0.25, -0.2) is 0 Å². The van der Waals surface area contributed by atoms with Gasteiger partial charge < -0.3 is 14.5 Å². The molecule has 1 aromatic carbocycles. The van der Waals surface area contributed by atoms with E-state index in [0.29, 0.717) is 0 Å². The molecule has 0 spiro atoms. The summed E-state index contributed by atoms with van der Waals surface area (Å²) in [5, 5.41) is 3.35. The number of benzene rings is 1. The van der Waals surface area contributed by atoms with Crippen molar-refractivity contribution >= 4 is 0 Å². The van der Waals surface area contributed by atoms with Gasteiger partial charge in [-0.15, -0.1) is 0 Å². The fourth-order valence-electron chi connectivity index (χ4n) is 2.41. The molecular weight excluding hydrogens is 238 g/mol. The highest BCUT2D eigenvalue weighted by Crippen LogP contribution is 2.27. The maximum Gasteiger partial charge on any atom is 0.122 e. The Morgan fingerprint density at radius 3 is 2.63 bits per heavy atom. The lowest BCUT2D eigenvalue weighted by molar-refractivity contribution is 0.406. The zero-order chi connectivity index (χ0) is 13.8. The second-order valence-electron chi connectivity index (χ2n) is 4.79. The summed E-state index contributed by atoms with van der Waals surface area (Å²) in [6.45, 7) is 4.09. The molecule has 102 valence electrons. The number of aryl methyl sites for hydroxylation is 2. The fourth-order valence-corrected chi connectivity index (χ4v) is 2.41. The van der Waals surface area contributed by atoms with E-state index in [1.165, 1.54) is 16.7 Å². The number of furan rings is 1. The third kappa shape index (κ3) is 2.99. The van der Waals surface area contributed by atoms with Crippen LogP contribution in [0, 0.1) is 13.8 Å². The fraction of sp³-hybridized carbons (Fsp3) is 0.375. The highest BCUT2D eigenvalue weighted by molar-refractivity contribution is 5.38. The molecular formula is C16H21NO2. The van der Waals surface area contributed by atoms with E-state index < -0.39 is 0 Å². The zero-order valence-electron chi connectivity index (χ0n) is 12.0. The molecule has 0 bridgehead atoms. The Kier molecular flexibility index (Phi) is 4.27. The van der Waals surface area contributed by atoms with Gasteiger partial charge in [0, 0.05) is 11.6 Å². The van der Waals surface area contributed by atoms with E-state index in [1.807, 2.05) is 26.1 Å². The van der Waals surface area contributed by atoms with Crippen LogP contribution in [0.25, 0.3) is 0 Å². The van der Waals surface area contributed by atoms with Crippen molar-refractivity contribution < 1.29 is 9.15 Å². The van der Waals surface area contributed by atoms with Gasteiger partial charge in [0.05, 0.1) is 13.4 Å². The summed E-state index contributed by atoms with van der Waals surface area (Å²) >= 11 is 0. The maximum absolute atomic E-state index is 5.44. The summed E-state index contributed by atoms with van der Waals surface area (Å²) in [5.74, 6) is 1.90. The molecule has 1 unspecified atom stereocenters. The molecule has 0 radical (unpaired) electrons. The van der Waals surface area contributed by atoms with Crippen molar-refractivity contribution in [3.63, 3.8) is 0 Å². The van der Waals surface area contributed by atoms with Crippen molar-refractivity contribution in [2.75, 3.05) is 14.2 Å².